The molecule has 0 bridgehead atoms. The van der Waals surface area contributed by atoms with Gasteiger partial charge >= 0.3 is 12.1 Å². The van der Waals surface area contributed by atoms with E-state index in [1.54, 1.807) is 0 Å². The molecule has 0 radical (unpaired) electrons. The molecule has 2 saturated carbocycles. The number of benzene rings is 2. The third-order valence-electron chi connectivity index (χ3n) is 7.49. The fraction of sp³-hybridized carbons (Fsp3) is 0.520. The Labute approximate surface area is 178 Å². The van der Waals surface area contributed by atoms with Gasteiger partial charge in [0.25, 0.3) is 0 Å². The first-order valence-electron chi connectivity index (χ1n) is 10.8. The van der Waals surface area contributed by atoms with Gasteiger partial charge in [-0.05, 0) is 48.0 Å². The van der Waals surface area contributed by atoms with Crippen molar-refractivity contribution < 1.29 is 19.1 Å². The van der Waals surface area contributed by atoms with E-state index in [1.807, 2.05) is 42.5 Å². The number of hydrogen-bond acceptors (Lipinski definition) is 4. The molecule has 4 rings (SSSR count). The topological polar surface area (TPSA) is 64.6 Å². The maximum Gasteiger partial charge on any atom is 0.411 e. The second-order valence-electron chi connectivity index (χ2n) is 9.80. The molecule has 2 aromatic carbocycles. The normalized spacial score (nSPS) is 29.8. The number of carbonyl (C=O) groups excluding carboxylic acids is 2. The minimum absolute atomic E-state index is 0.0151. The Morgan fingerprint density at radius 2 is 1.73 bits per heavy atom. The molecule has 2 aromatic rings. The summed E-state index contributed by atoms with van der Waals surface area (Å²) >= 11 is 0. The molecule has 0 aliphatic heterocycles. The third kappa shape index (κ3) is 3.55. The van der Waals surface area contributed by atoms with Gasteiger partial charge in [0.1, 0.15) is 6.10 Å². The predicted molar refractivity (Wildman–Crippen MR) is 117 cm³/mol. The molecule has 0 spiro atoms. The van der Waals surface area contributed by atoms with Gasteiger partial charge in [0.2, 0.25) is 0 Å². The van der Waals surface area contributed by atoms with Gasteiger partial charge in [-0.25, -0.2) is 4.79 Å². The van der Waals surface area contributed by atoms with E-state index in [2.05, 4.69) is 26.1 Å². The van der Waals surface area contributed by atoms with Gasteiger partial charge in [-0.3, -0.25) is 10.1 Å². The SMILES string of the molecule is COC(=O)[C@@H]1[C@@H]2[C@@H](OC(=O)Nc3cccc4ccccc34)CC[C@]2(C)CCC1(C)C. The van der Waals surface area contributed by atoms with E-state index in [4.69, 9.17) is 9.47 Å². The van der Waals surface area contributed by atoms with E-state index >= 15 is 0 Å². The lowest BCUT2D eigenvalue weighted by Crippen LogP contribution is -2.51. The van der Waals surface area contributed by atoms with E-state index in [1.165, 1.54) is 7.11 Å². The van der Waals surface area contributed by atoms with E-state index in [9.17, 15) is 9.59 Å². The van der Waals surface area contributed by atoms with Crippen molar-refractivity contribution in [3.05, 3.63) is 42.5 Å². The molecule has 1 N–H and O–H groups in total. The smallest absolute Gasteiger partial charge is 0.411 e. The monoisotopic (exact) mass is 409 g/mol. The number of fused-ring (bicyclic) bond motifs is 2. The van der Waals surface area contributed by atoms with Gasteiger partial charge in [-0.2, -0.15) is 0 Å². The second-order valence-corrected chi connectivity index (χ2v) is 9.80. The number of amides is 1. The van der Waals surface area contributed by atoms with Crippen LogP contribution in [0.2, 0.25) is 0 Å². The summed E-state index contributed by atoms with van der Waals surface area (Å²) in [5.41, 5.74) is 0.529. The fourth-order valence-corrected chi connectivity index (χ4v) is 5.76. The van der Waals surface area contributed by atoms with Crippen molar-refractivity contribution in [3.63, 3.8) is 0 Å². The molecule has 5 nitrogen and oxygen atoms in total. The number of carbonyl (C=O) groups is 2. The van der Waals surface area contributed by atoms with E-state index < -0.39 is 6.09 Å². The average Bonchev–Trinajstić information content (AvgIpc) is 3.04. The molecule has 160 valence electrons. The zero-order valence-electron chi connectivity index (χ0n) is 18.2. The Bertz CT molecular complexity index is 963. The van der Waals surface area contributed by atoms with Gasteiger partial charge in [0, 0.05) is 11.3 Å². The van der Waals surface area contributed by atoms with Crippen LogP contribution >= 0.6 is 0 Å². The maximum atomic E-state index is 12.8. The zero-order valence-corrected chi connectivity index (χ0v) is 18.2. The summed E-state index contributed by atoms with van der Waals surface area (Å²) in [6.45, 7) is 6.48. The van der Waals surface area contributed by atoms with Gasteiger partial charge in [-0.1, -0.05) is 57.2 Å². The standard InChI is InChI=1S/C25H31NO4/c1-24(2)14-15-25(3)13-12-19(20(25)21(24)22(27)29-4)30-23(28)26-18-11-7-9-16-8-5-6-10-17(16)18/h5-11,19-21H,12-15H2,1-4H3,(H,26,28)/t19-,20-,21-,25+/m0/s1. The molecule has 4 atom stereocenters. The molecule has 0 unspecified atom stereocenters. The number of ether oxygens (including phenoxy) is 2. The van der Waals surface area contributed by atoms with Gasteiger partial charge in [0.05, 0.1) is 18.7 Å². The van der Waals surface area contributed by atoms with Crippen LogP contribution in [0.25, 0.3) is 10.8 Å². The number of nitrogens with one attached hydrogen (secondary N) is 1. The first-order chi connectivity index (χ1) is 14.2. The summed E-state index contributed by atoms with van der Waals surface area (Å²) in [4.78, 5) is 25.6. The van der Waals surface area contributed by atoms with Crippen LogP contribution < -0.4 is 5.32 Å². The lowest BCUT2D eigenvalue weighted by Gasteiger charge is -2.50. The maximum absolute atomic E-state index is 12.8. The Morgan fingerprint density at radius 3 is 2.50 bits per heavy atom. The van der Waals surface area contributed by atoms with Crippen LogP contribution in [0, 0.1) is 22.7 Å². The molecule has 5 heteroatoms. The molecule has 0 saturated heterocycles. The van der Waals surface area contributed by atoms with Crippen LogP contribution in [0.3, 0.4) is 0 Å². The van der Waals surface area contributed by atoms with Gasteiger partial charge in [0.15, 0.2) is 0 Å². The van der Waals surface area contributed by atoms with E-state index in [0.717, 1.165) is 42.1 Å². The van der Waals surface area contributed by atoms with Crippen molar-refractivity contribution in [1.82, 2.24) is 0 Å². The third-order valence-corrected chi connectivity index (χ3v) is 7.49. The van der Waals surface area contributed by atoms with Crippen molar-refractivity contribution in [2.24, 2.45) is 22.7 Å². The molecule has 2 fully saturated rings. The largest absolute Gasteiger partial charge is 0.469 e. The summed E-state index contributed by atoms with van der Waals surface area (Å²) in [5.74, 6) is -0.507. The van der Waals surface area contributed by atoms with Crippen molar-refractivity contribution in [2.75, 3.05) is 12.4 Å². The quantitative estimate of drug-likeness (QED) is 0.653. The Morgan fingerprint density at radius 1 is 1.00 bits per heavy atom. The minimum atomic E-state index is -0.465. The Balaban J connectivity index is 1.56. The highest BCUT2D eigenvalue weighted by Crippen LogP contribution is 2.60. The number of hydrogen-bond donors (Lipinski definition) is 1. The van der Waals surface area contributed by atoms with Crippen molar-refractivity contribution in [1.29, 1.82) is 0 Å². The average molecular weight is 410 g/mol. The number of methoxy groups -OCH3 is 1. The number of anilines is 1. The first-order valence-corrected chi connectivity index (χ1v) is 10.8. The molecule has 0 heterocycles. The number of rotatable bonds is 3. The predicted octanol–water partition coefficient (Wildman–Crippen LogP) is 5.78. The van der Waals surface area contributed by atoms with Gasteiger partial charge in [-0.15, -0.1) is 0 Å². The summed E-state index contributed by atoms with van der Waals surface area (Å²) in [7, 11) is 1.45. The highest BCUT2D eigenvalue weighted by atomic mass is 16.6. The molecule has 2 aliphatic carbocycles. The lowest BCUT2D eigenvalue weighted by atomic mass is 9.55. The van der Waals surface area contributed by atoms with Crippen LogP contribution in [-0.4, -0.2) is 25.3 Å². The van der Waals surface area contributed by atoms with E-state index in [-0.39, 0.29) is 34.7 Å². The molecule has 0 aromatic heterocycles. The molecule has 2 aliphatic rings. The van der Waals surface area contributed by atoms with Crippen LogP contribution in [0.4, 0.5) is 10.5 Å². The first kappa shape index (κ1) is 20.7. The van der Waals surface area contributed by atoms with Crippen molar-refractivity contribution in [2.45, 2.75) is 52.6 Å². The second kappa shape index (κ2) is 7.60. The molecular weight excluding hydrogens is 378 g/mol. The van der Waals surface area contributed by atoms with Gasteiger partial charge < -0.3 is 9.47 Å². The fourth-order valence-electron chi connectivity index (χ4n) is 5.76. The lowest BCUT2D eigenvalue weighted by molar-refractivity contribution is -0.163. The molecule has 30 heavy (non-hydrogen) atoms. The van der Waals surface area contributed by atoms with Crippen LogP contribution in [0.5, 0.6) is 0 Å². The Kier molecular flexibility index (Phi) is 5.25. The highest BCUT2D eigenvalue weighted by Gasteiger charge is 2.59. The number of esters is 1. The minimum Gasteiger partial charge on any atom is -0.469 e. The zero-order chi connectivity index (χ0) is 21.5. The molecule has 1 amide bonds. The van der Waals surface area contributed by atoms with E-state index in [0.29, 0.717) is 0 Å². The summed E-state index contributed by atoms with van der Waals surface area (Å²) in [6, 6.07) is 13.7. The Hall–Kier alpha value is -2.56. The van der Waals surface area contributed by atoms with Crippen molar-refractivity contribution >= 4 is 28.5 Å². The van der Waals surface area contributed by atoms with Crippen molar-refractivity contribution in [3.8, 4) is 0 Å². The van der Waals surface area contributed by atoms with Crippen LogP contribution in [0.15, 0.2) is 42.5 Å². The summed E-state index contributed by atoms with van der Waals surface area (Å²) in [5, 5.41) is 4.95. The van der Waals surface area contributed by atoms with Crippen LogP contribution in [0.1, 0.15) is 46.5 Å². The highest BCUT2D eigenvalue weighted by molar-refractivity contribution is 6.00. The summed E-state index contributed by atoms with van der Waals surface area (Å²) in [6.07, 6.45) is 2.96. The molecular formula is C25H31NO4. The summed E-state index contributed by atoms with van der Waals surface area (Å²) < 4.78 is 11.1. The van der Waals surface area contributed by atoms with Crippen LogP contribution in [-0.2, 0) is 14.3 Å².